The van der Waals surface area contributed by atoms with E-state index >= 15 is 0 Å². The van der Waals surface area contributed by atoms with Gasteiger partial charge in [-0.2, -0.15) is 0 Å². The van der Waals surface area contributed by atoms with Crippen molar-refractivity contribution in [2.24, 2.45) is 0 Å². The van der Waals surface area contributed by atoms with Crippen molar-refractivity contribution in [2.75, 3.05) is 18.8 Å². The summed E-state index contributed by atoms with van der Waals surface area (Å²) in [5.74, 6) is 1.12. The summed E-state index contributed by atoms with van der Waals surface area (Å²) in [7, 11) is 0. The van der Waals surface area contributed by atoms with E-state index in [-0.39, 0.29) is 22.7 Å². The Bertz CT molecular complexity index is 381. The minimum atomic E-state index is -0.201. The van der Waals surface area contributed by atoms with Crippen molar-refractivity contribution >= 4 is 23.6 Å². The Balaban J connectivity index is 1.76. The summed E-state index contributed by atoms with van der Waals surface area (Å²) in [4.78, 5) is 28.3. The second kappa shape index (κ2) is 4.44. The molecular formula is C13H20N2O2S. The molecule has 5 heteroatoms. The van der Waals surface area contributed by atoms with Gasteiger partial charge >= 0.3 is 0 Å². The molecule has 3 saturated heterocycles. The molecule has 0 radical (unpaired) electrons. The second-order valence-corrected chi connectivity index (χ2v) is 7.15. The van der Waals surface area contributed by atoms with E-state index < -0.39 is 0 Å². The summed E-state index contributed by atoms with van der Waals surface area (Å²) in [6.45, 7) is 3.85. The van der Waals surface area contributed by atoms with E-state index in [1.165, 1.54) is 6.42 Å². The molecule has 3 heterocycles. The second-order valence-electron chi connectivity index (χ2n) is 5.65. The number of thioether (sulfide) groups is 1. The predicted octanol–water partition coefficient (Wildman–Crippen LogP) is 1.45. The lowest BCUT2D eigenvalue weighted by Crippen LogP contribution is -2.52. The molecule has 100 valence electrons. The fourth-order valence-corrected chi connectivity index (χ4v) is 4.75. The van der Waals surface area contributed by atoms with Crippen molar-refractivity contribution in [3.8, 4) is 0 Å². The van der Waals surface area contributed by atoms with Crippen molar-refractivity contribution < 1.29 is 9.59 Å². The van der Waals surface area contributed by atoms with Crippen molar-refractivity contribution in [3.05, 3.63) is 0 Å². The van der Waals surface area contributed by atoms with E-state index in [4.69, 9.17) is 0 Å². The number of carbonyl (C=O) groups excluding carboxylic acids is 2. The zero-order valence-corrected chi connectivity index (χ0v) is 11.7. The van der Waals surface area contributed by atoms with Gasteiger partial charge in [-0.3, -0.25) is 9.59 Å². The van der Waals surface area contributed by atoms with Crippen LogP contribution in [0.2, 0.25) is 0 Å². The molecule has 0 N–H and O–H groups in total. The quantitative estimate of drug-likeness (QED) is 0.723. The van der Waals surface area contributed by atoms with Crippen LogP contribution >= 0.6 is 11.8 Å². The van der Waals surface area contributed by atoms with E-state index in [0.29, 0.717) is 6.42 Å². The molecule has 18 heavy (non-hydrogen) atoms. The van der Waals surface area contributed by atoms with Gasteiger partial charge in [0.05, 0.1) is 4.87 Å². The highest BCUT2D eigenvalue weighted by Crippen LogP contribution is 2.47. The van der Waals surface area contributed by atoms with Gasteiger partial charge in [-0.05, 0) is 32.6 Å². The molecule has 0 spiro atoms. The van der Waals surface area contributed by atoms with Crippen molar-refractivity contribution in [1.29, 1.82) is 0 Å². The van der Waals surface area contributed by atoms with Crippen LogP contribution in [0.15, 0.2) is 0 Å². The Labute approximate surface area is 112 Å². The molecule has 0 aromatic rings. The van der Waals surface area contributed by atoms with Crippen LogP contribution in [-0.2, 0) is 9.59 Å². The maximum Gasteiger partial charge on any atom is 0.246 e. The Morgan fingerprint density at radius 3 is 2.78 bits per heavy atom. The van der Waals surface area contributed by atoms with Gasteiger partial charge in [-0.15, -0.1) is 11.8 Å². The molecule has 2 amide bonds. The average molecular weight is 268 g/mol. The summed E-state index contributed by atoms with van der Waals surface area (Å²) in [6, 6.07) is -0.201. The Hall–Kier alpha value is -0.710. The van der Waals surface area contributed by atoms with E-state index in [1.807, 2.05) is 9.80 Å². The third-order valence-electron chi connectivity index (χ3n) is 4.40. The number of likely N-dealkylation sites (tertiary alicyclic amines) is 1. The lowest BCUT2D eigenvalue weighted by atomic mass is 10.1. The molecule has 0 aliphatic carbocycles. The molecule has 2 atom stereocenters. The third kappa shape index (κ3) is 1.83. The largest absolute Gasteiger partial charge is 0.341 e. The summed E-state index contributed by atoms with van der Waals surface area (Å²) in [5.41, 5.74) is 0. The van der Waals surface area contributed by atoms with Crippen LogP contribution in [0.5, 0.6) is 0 Å². The number of fused-ring (bicyclic) bond motifs is 1. The first-order valence-corrected chi connectivity index (χ1v) is 7.85. The molecule has 0 aromatic heterocycles. The Kier molecular flexibility index (Phi) is 3.04. The molecule has 0 saturated carbocycles. The van der Waals surface area contributed by atoms with Crippen LogP contribution in [0.3, 0.4) is 0 Å². The number of carbonyl (C=O) groups is 2. The number of hydrogen-bond acceptors (Lipinski definition) is 3. The maximum absolute atomic E-state index is 12.5. The predicted molar refractivity (Wildman–Crippen MR) is 71.2 cm³/mol. The van der Waals surface area contributed by atoms with Crippen LogP contribution in [0.25, 0.3) is 0 Å². The van der Waals surface area contributed by atoms with Crippen molar-refractivity contribution in [2.45, 2.75) is 49.9 Å². The molecule has 3 aliphatic rings. The lowest BCUT2D eigenvalue weighted by Gasteiger charge is -2.34. The lowest BCUT2D eigenvalue weighted by molar-refractivity contribution is -0.144. The van der Waals surface area contributed by atoms with Gasteiger partial charge in [0.15, 0.2) is 0 Å². The molecule has 3 rings (SSSR count). The first-order chi connectivity index (χ1) is 8.62. The number of hydrogen-bond donors (Lipinski definition) is 0. The van der Waals surface area contributed by atoms with E-state index in [1.54, 1.807) is 11.8 Å². The normalized spacial score (nSPS) is 36.1. The summed E-state index contributed by atoms with van der Waals surface area (Å²) < 4.78 is 0. The molecule has 3 aliphatic heterocycles. The fourth-order valence-electron chi connectivity index (χ4n) is 3.33. The average Bonchev–Trinajstić information content (AvgIpc) is 2.87. The summed E-state index contributed by atoms with van der Waals surface area (Å²) in [6.07, 6.45) is 4.94. The minimum absolute atomic E-state index is 0.118. The van der Waals surface area contributed by atoms with Gasteiger partial charge in [0.1, 0.15) is 6.04 Å². The monoisotopic (exact) mass is 268 g/mol. The van der Waals surface area contributed by atoms with Crippen LogP contribution in [0.4, 0.5) is 0 Å². The summed E-state index contributed by atoms with van der Waals surface area (Å²) in [5, 5.41) is 0. The Morgan fingerprint density at radius 2 is 2.06 bits per heavy atom. The fraction of sp³-hybridized carbons (Fsp3) is 0.846. The smallest absolute Gasteiger partial charge is 0.246 e. The van der Waals surface area contributed by atoms with Gasteiger partial charge in [0.25, 0.3) is 0 Å². The highest BCUT2D eigenvalue weighted by molar-refractivity contribution is 8.01. The van der Waals surface area contributed by atoms with E-state index in [2.05, 4.69) is 6.92 Å². The van der Waals surface area contributed by atoms with Gasteiger partial charge < -0.3 is 9.80 Å². The van der Waals surface area contributed by atoms with Crippen LogP contribution in [-0.4, -0.2) is 51.4 Å². The van der Waals surface area contributed by atoms with E-state index in [0.717, 1.165) is 38.1 Å². The number of rotatable bonds is 1. The van der Waals surface area contributed by atoms with E-state index in [9.17, 15) is 9.59 Å². The highest BCUT2D eigenvalue weighted by atomic mass is 32.2. The zero-order valence-electron chi connectivity index (χ0n) is 10.9. The SMILES string of the molecule is C[C@@]12CCC(=O)N1[C@@H](C(=O)N1CCCCC1)CS2. The summed E-state index contributed by atoms with van der Waals surface area (Å²) >= 11 is 1.78. The molecule has 0 bridgehead atoms. The molecule has 0 unspecified atom stereocenters. The standard InChI is InChI=1S/C13H20N2O2S/c1-13-6-5-11(16)15(13)10(9-18-13)12(17)14-7-3-2-4-8-14/h10H,2-9H2,1H3/t10-,13-/m1/s1. The molecular weight excluding hydrogens is 248 g/mol. The van der Waals surface area contributed by atoms with Gasteiger partial charge in [-0.25, -0.2) is 0 Å². The van der Waals surface area contributed by atoms with Gasteiger partial charge in [-0.1, -0.05) is 0 Å². The van der Waals surface area contributed by atoms with Crippen LogP contribution < -0.4 is 0 Å². The zero-order chi connectivity index (χ0) is 12.8. The van der Waals surface area contributed by atoms with Crippen molar-refractivity contribution in [1.82, 2.24) is 9.80 Å². The molecule has 3 fully saturated rings. The maximum atomic E-state index is 12.5. The Morgan fingerprint density at radius 1 is 1.33 bits per heavy atom. The van der Waals surface area contributed by atoms with Crippen LogP contribution in [0, 0.1) is 0 Å². The van der Waals surface area contributed by atoms with Gasteiger partial charge in [0.2, 0.25) is 11.8 Å². The number of amides is 2. The highest BCUT2D eigenvalue weighted by Gasteiger charge is 2.53. The van der Waals surface area contributed by atoms with Gasteiger partial charge in [0, 0.05) is 25.3 Å². The number of piperidine rings is 1. The third-order valence-corrected chi connectivity index (χ3v) is 5.90. The first kappa shape index (κ1) is 12.3. The number of nitrogens with zero attached hydrogens (tertiary/aromatic N) is 2. The minimum Gasteiger partial charge on any atom is -0.341 e. The topological polar surface area (TPSA) is 40.6 Å². The van der Waals surface area contributed by atoms with Crippen LogP contribution in [0.1, 0.15) is 39.0 Å². The molecule has 0 aromatic carbocycles. The first-order valence-electron chi connectivity index (χ1n) is 6.87. The molecule has 4 nitrogen and oxygen atoms in total. The van der Waals surface area contributed by atoms with Crippen molar-refractivity contribution in [3.63, 3.8) is 0 Å².